The van der Waals surface area contributed by atoms with Gasteiger partial charge in [-0.05, 0) is 74.4 Å². The molecule has 0 aliphatic rings. The van der Waals surface area contributed by atoms with Gasteiger partial charge in [0.15, 0.2) is 0 Å². The van der Waals surface area contributed by atoms with Crippen molar-refractivity contribution in [3.63, 3.8) is 0 Å². The second-order valence-corrected chi connectivity index (χ2v) is 21.7. The fourth-order valence-electron chi connectivity index (χ4n) is 12.6. The third-order valence-electron chi connectivity index (χ3n) is 15.7. The lowest BCUT2D eigenvalue weighted by Crippen LogP contribution is -2.14. The smallest absolute Gasteiger partial charge is 0.237 e. The first-order valence-electron chi connectivity index (χ1n) is 31.2. The molecule has 0 radical (unpaired) electrons. The highest BCUT2D eigenvalue weighted by atomic mass is 32.1. The molecule has 11 aromatic carbocycles. The highest BCUT2D eigenvalue weighted by Crippen LogP contribution is 2.54. The van der Waals surface area contributed by atoms with Gasteiger partial charge in [-0.3, -0.25) is 0 Å². The van der Waals surface area contributed by atoms with E-state index in [9.17, 15) is 21.4 Å². The largest absolute Gasteiger partial charge is 0.317 e. The highest BCUT2D eigenvalue weighted by Gasteiger charge is 2.35. The summed E-state index contributed by atoms with van der Waals surface area (Å²) in [6.45, 7) is 8.89. The van der Waals surface area contributed by atoms with Gasteiger partial charge in [-0.15, -0.1) is 22.7 Å². The van der Waals surface area contributed by atoms with E-state index in [4.69, 9.17) is 11.7 Å². The maximum Gasteiger partial charge on any atom is 0.237 e. The van der Waals surface area contributed by atoms with Gasteiger partial charge in [0.25, 0.3) is 0 Å². The first-order valence-corrected chi connectivity index (χ1v) is 26.8. The molecule has 0 saturated carbocycles. The van der Waals surface area contributed by atoms with Crippen LogP contribution in [0.3, 0.4) is 0 Å². The van der Waals surface area contributed by atoms with E-state index in [1.807, 2.05) is 142 Å². The molecule has 0 fully saturated rings. The van der Waals surface area contributed by atoms with Gasteiger partial charge in [-0.1, -0.05) is 157 Å². The number of rotatable bonds is 4. The molecule has 362 valence electrons. The Morgan fingerprint density at radius 2 is 1.01 bits per heavy atom. The standard InChI is InChI=1S/C70H40N6S2/c1-39-28-34-58-51(36-39)47-30-32-49-45-20-8-14-26-60(45)77-69(49)65(47)75(58)63-53(38-71)64(73-54-22-10-4-16-41(54)42-17-5-11-23-55(42)73)68(67(62(63)72-3)74-56-24-12-6-18-43(56)44-19-7-13-25-57(44)74)76-59-35-29-40(2)37-52(59)48-31-33-50-46-21-9-15-27-61(46)78-70(50)66(48)76/h4-37H,1-2H3/i2D3,9D,15D,21D,27D,29D,31D,33D,35D,37D. The van der Waals surface area contributed by atoms with E-state index in [1.165, 1.54) is 0 Å². The van der Waals surface area contributed by atoms with E-state index in [0.29, 0.717) is 27.6 Å². The molecule has 0 N–H and O–H groups in total. The van der Waals surface area contributed by atoms with Crippen LogP contribution in [0.15, 0.2) is 206 Å². The number of benzene rings is 11. The van der Waals surface area contributed by atoms with Crippen LogP contribution in [0.2, 0.25) is 0 Å². The van der Waals surface area contributed by atoms with Gasteiger partial charge in [0.05, 0.1) is 101 Å². The summed E-state index contributed by atoms with van der Waals surface area (Å²) in [7, 11) is 0. The Kier molecular flexibility index (Phi) is 6.72. The van der Waals surface area contributed by atoms with Crippen molar-refractivity contribution in [3.8, 4) is 28.8 Å². The van der Waals surface area contributed by atoms with Crippen molar-refractivity contribution in [3.05, 3.63) is 234 Å². The molecule has 17 rings (SSSR count). The van der Waals surface area contributed by atoms with E-state index < -0.39 is 66.8 Å². The van der Waals surface area contributed by atoms with Crippen LogP contribution in [0.1, 0.15) is 33.1 Å². The third kappa shape index (κ3) is 5.57. The molecule has 0 saturated heterocycles. The predicted molar refractivity (Wildman–Crippen MR) is 330 cm³/mol. The van der Waals surface area contributed by atoms with Gasteiger partial charge in [0.2, 0.25) is 5.69 Å². The number of hydrogen-bond donors (Lipinski definition) is 0. The number of nitrogens with zero attached hydrogens (tertiary/aromatic N) is 6. The summed E-state index contributed by atoms with van der Waals surface area (Å²) in [6.07, 6.45) is 0. The van der Waals surface area contributed by atoms with E-state index in [2.05, 4.69) is 36.4 Å². The summed E-state index contributed by atoms with van der Waals surface area (Å²) in [5, 5.41) is 19.2. The monoisotopic (exact) mass is 1040 g/mol. The zero-order valence-corrected chi connectivity index (χ0v) is 42.6. The zero-order chi connectivity index (χ0) is 62.0. The molecule has 6 aromatic heterocycles. The van der Waals surface area contributed by atoms with E-state index in [-0.39, 0.29) is 76.0 Å². The van der Waals surface area contributed by atoms with Gasteiger partial charge in [-0.2, -0.15) is 5.26 Å². The number of thiophene rings is 2. The molecular formula is C70H40N6S2. The lowest BCUT2D eigenvalue weighted by atomic mass is 10.0. The third-order valence-corrected chi connectivity index (χ3v) is 18.0. The normalized spacial score (nSPS) is 14.6. The lowest BCUT2D eigenvalue weighted by molar-refractivity contribution is 1.04. The summed E-state index contributed by atoms with van der Waals surface area (Å²) in [4.78, 5) is 4.70. The second-order valence-electron chi connectivity index (χ2n) is 19.7. The Labute approximate surface area is 470 Å². The Hall–Kier alpha value is -9.96. The highest BCUT2D eigenvalue weighted by molar-refractivity contribution is 7.27. The molecule has 0 aliphatic carbocycles. The summed E-state index contributed by atoms with van der Waals surface area (Å²) in [6, 6.07) is 46.9. The number of aromatic nitrogens is 4. The van der Waals surface area contributed by atoms with Gasteiger partial charge in [-0.25, -0.2) is 4.85 Å². The van der Waals surface area contributed by atoms with Crippen LogP contribution in [-0.2, 0) is 0 Å². The van der Waals surface area contributed by atoms with E-state index in [1.54, 1.807) is 15.9 Å². The maximum absolute atomic E-state index is 12.9. The number of nitriles is 1. The van der Waals surface area contributed by atoms with Crippen molar-refractivity contribution < 1.29 is 16.4 Å². The average Bonchev–Trinajstić information content (AvgIpc) is 1.49. The van der Waals surface area contributed by atoms with E-state index in [0.717, 1.165) is 74.9 Å². The Morgan fingerprint density at radius 1 is 0.449 bits per heavy atom. The summed E-state index contributed by atoms with van der Waals surface area (Å²) >= 11 is 2.52. The molecule has 0 aliphatic heterocycles. The first-order chi connectivity index (χ1) is 43.5. The van der Waals surface area contributed by atoms with Crippen molar-refractivity contribution in [1.82, 2.24) is 18.3 Å². The molecule has 0 bridgehead atoms. The van der Waals surface area contributed by atoms with Crippen LogP contribution in [-0.4, -0.2) is 18.3 Å². The lowest BCUT2D eigenvalue weighted by Gasteiger charge is -2.27. The molecule has 0 atom stereocenters. The van der Waals surface area contributed by atoms with Crippen LogP contribution >= 0.6 is 22.7 Å². The molecule has 6 heterocycles. The molecule has 8 heteroatoms. The van der Waals surface area contributed by atoms with E-state index >= 15 is 0 Å². The topological polar surface area (TPSA) is 47.9 Å². The molecule has 0 unspecified atom stereocenters. The molecule has 78 heavy (non-hydrogen) atoms. The van der Waals surface area contributed by atoms with Gasteiger partial charge >= 0.3 is 0 Å². The Bertz CT molecular complexity index is 6060. The Morgan fingerprint density at radius 3 is 1.69 bits per heavy atom. The van der Waals surface area contributed by atoms with Crippen molar-refractivity contribution in [2.45, 2.75) is 13.8 Å². The second kappa shape index (κ2) is 15.8. The quantitative estimate of drug-likeness (QED) is 0.162. The van der Waals surface area contributed by atoms with Crippen LogP contribution in [0.4, 0.5) is 5.69 Å². The van der Waals surface area contributed by atoms with Gasteiger partial charge in [0, 0.05) is 78.1 Å². The number of aryl methyl sites for hydroxylation is 1. The minimum Gasteiger partial charge on any atom is -0.317 e. The molecule has 17 aromatic rings. The summed E-state index contributed by atoms with van der Waals surface area (Å²) in [5.74, 6) is 0. The first kappa shape index (κ1) is 33.2. The van der Waals surface area contributed by atoms with Crippen molar-refractivity contribution >= 4 is 156 Å². The molecule has 6 nitrogen and oxygen atoms in total. The minimum absolute atomic E-state index is 0.0147. The number of para-hydroxylation sites is 4. The van der Waals surface area contributed by atoms with Crippen LogP contribution in [0.5, 0.6) is 0 Å². The van der Waals surface area contributed by atoms with Crippen LogP contribution in [0, 0.1) is 31.7 Å². The van der Waals surface area contributed by atoms with Gasteiger partial charge in [0.1, 0.15) is 6.07 Å². The Balaban J connectivity index is 1.26. The zero-order valence-electron chi connectivity index (χ0n) is 52.9. The predicted octanol–water partition coefficient (Wildman–Crippen LogP) is 19.9. The SMILES string of the molecule is [2H]c1c([2H])c([2H])c2c(sc3c2c([2H])c([2H])c2c4c([2H])c(C([2H])([2H])[2H])c([2H])c([2H])c4n(-c4c(-n5c6ccccc6c6ccccc65)c(C#N)c(-n5c6ccc(C)cc6c6ccc7c8ccccc8sc7c65)c([N+]#[C-])c4-n4c5ccccc5c5ccccc54)c32)c1[2H]. The maximum atomic E-state index is 12.9. The van der Waals surface area contributed by atoms with Crippen molar-refractivity contribution in [1.29, 1.82) is 5.26 Å². The number of fused-ring (bicyclic) bond motifs is 20. The van der Waals surface area contributed by atoms with Crippen LogP contribution < -0.4 is 0 Å². The fourth-order valence-corrected chi connectivity index (χ4v) is 14.9. The minimum atomic E-state index is -3.15. The summed E-state index contributed by atoms with van der Waals surface area (Å²) in [5.41, 5.74) is 4.26. The van der Waals surface area contributed by atoms with Crippen molar-refractivity contribution in [2.24, 2.45) is 0 Å². The van der Waals surface area contributed by atoms with Crippen molar-refractivity contribution in [2.75, 3.05) is 0 Å². The van der Waals surface area contributed by atoms with Crippen LogP contribution in [0.25, 0.3) is 155 Å². The van der Waals surface area contributed by atoms with Gasteiger partial charge < -0.3 is 18.3 Å². The molecule has 0 amide bonds. The summed E-state index contributed by atoms with van der Waals surface area (Å²) < 4.78 is 123. The number of hydrogen-bond acceptors (Lipinski definition) is 3. The average molecular weight is 1040 g/mol. The fraction of sp³-hybridized carbons (Fsp3) is 0.0286. The molecular weight excluding hydrogens is 989 g/mol. The molecule has 0 spiro atoms.